The van der Waals surface area contributed by atoms with Gasteiger partial charge in [-0.25, -0.2) is 4.79 Å². The quantitative estimate of drug-likeness (QED) is 0.359. The van der Waals surface area contributed by atoms with Crippen molar-refractivity contribution in [3.05, 3.63) is 41.1 Å². The van der Waals surface area contributed by atoms with E-state index in [0.29, 0.717) is 17.6 Å². The first-order valence-electron chi connectivity index (χ1n) is 7.89. The largest absolute Gasteiger partial charge is 1.00 e. The Bertz CT molecular complexity index is 775. The van der Waals surface area contributed by atoms with E-state index in [-0.39, 0.29) is 47.8 Å². The summed E-state index contributed by atoms with van der Waals surface area (Å²) in [5.74, 6) is -2.39. The summed E-state index contributed by atoms with van der Waals surface area (Å²) >= 11 is 0. The van der Waals surface area contributed by atoms with E-state index in [0.717, 1.165) is 5.56 Å². The number of benzene rings is 1. The molecule has 0 aromatic heterocycles. The van der Waals surface area contributed by atoms with Crippen LogP contribution in [-0.2, 0) is 16.1 Å². The molecule has 8 nitrogen and oxygen atoms in total. The summed E-state index contributed by atoms with van der Waals surface area (Å²) in [4.78, 5) is 35.7. The van der Waals surface area contributed by atoms with Crippen LogP contribution >= 0.6 is 0 Å². The van der Waals surface area contributed by atoms with Gasteiger partial charge >= 0.3 is 35.6 Å². The van der Waals surface area contributed by atoms with Crippen molar-refractivity contribution in [3.63, 3.8) is 0 Å². The number of nitrogens with two attached hydrogens (primary N) is 1. The number of β-lactam (4-membered cyclic amide) rings is 1. The van der Waals surface area contributed by atoms with E-state index in [1.165, 1.54) is 11.8 Å². The molecule has 3 rings (SSSR count). The molecule has 2 aliphatic heterocycles. The number of hydrogen-bond acceptors (Lipinski definition) is 5. The second kappa shape index (κ2) is 7.79. The summed E-state index contributed by atoms with van der Waals surface area (Å²) < 4.78 is 0. The number of nitrogens with zero attached hydrogens (tertiary/aromatic N) is 1. The Morgan fingerprint density at radius 1 is 1.38 bits per heavy atom. The van der Waals surface area contributed by atoms with Gasteiger partial charge < -0.3 is 31.0 Å². The molecule has 1 aromatic rings. The van der Waals surface area contributed by atoms with Gasteiger partial charge in [0.1, 0.15) is 0 Å². The van der Waals surface area contributed by atoms with Gasteiger partial charge in [0, 0.05) is 6.54 Å². The molecule has 0 bridgehead atoms. The van der Waals surface area contributed by atoms with E-state index in [2.05, 4.69) is 5.32 Å². The Balaban J connectivity index is 0.00000243. The van der Waals surface area contributed by atoms with Gasteiger partial charge in [-0.1, -0.05) is 24.3 Å². The summed E-state index contributed by atoms with van der Waals surface area (Å²) in [7, 11) is 0. The number of primary amides is 1. The van der Waals surface area contributed by atoms with Crippen LogP contribution in [0.2, 0.25) is 0 Å². The topological polar surface area (TPSA) is 136 Å². The van der Waals surface area contributed by atoms with E-state index < -0.39 is 29.9 Å². The number of carboxylic acid groups (broad SMARTS) is 1. The van der Waals surface area contributed by atoms with Crippen LogP contribution in [0.5, 0.6) is 0 Å². The van der Waals surface area contributed by atoms with Crippen molar-refractivity contribution < 1.29 is 54.2 Å². The Hall–Kier alpha value is -1.87. The maximum absolute atomic E-state index is 12.2. The van der Waals surface area contributed by atoms with Crippen molar-refractivity contribution in [2.24, 2.45) is 11.7 Å². The van der Waals surface area contributed by atoms with Crippen LogP contribution in [0.3, 0.4) is 0 Å². The Morgan fingerprint density at radius 3 is 2.50 bits per heavy atom. The first kappa shape index (κ1) is 20.4. The van der Waals surface area contributed by atoms with Crippen molar-refractivity contribution in [2.75, 3.05) is 0 Å². The normalized spacial score (nSPS) is 22.2. The van der Waals surface area contributed by atoms with Crippen LogP contribution in [0.1, 0.15) is 24.5 Å². The molecule has 3 atom stereocenters. The predicted octanol–water partition coefficient (Wildman–Crippen LogP) is -4.07. The number of carbonyl (C=O) groups excluding carboxylic acids is 3. The van der Waals surface area contributed by atoms with Crippen LogP contribution in [0.15, 0.2) is 30.0 Å². The minimum Gasteiger partial charge on any atom is -0.543 e. The smallest absolute Gasteiger partial charge is 0.543 e. The molecule has 1 aromatic carbocycles. The minimum atomic E-state index is -1.41. The predicted molar refractivity (Wildman–Crippen MR) is 85.2 cm³/mol. The first-order chi connectivity index (χ1) is 11.8. The van der Waals surface area contributed by atoms with Gasteiger partial charge in [0.15, 0.2) is 0 Å². The zero-order chi connectivity index (χ0) is 18.3. The second-order valence-electron chi connectivity index (χ2n) is 6.28. The van der Waals surface area contributed by atoms with Crippen LogP contribution in [0.25, 0.3) is 5.57 Å². The van der Waals surface area contributed by atoms with Gasteiger partial charge in [-0.2, -0.15) is 0 Å². The average Bonchev–Trinajstić information content (AvgIpc) is 2.88. The average molecular weight is 367 g/mol. The molecule has 9 heteroatoms. The van der Waals surface area contributed by atoms with Crippen molar-refractivity contribution in [3.8, 4) is 0 Å². The molecule has 1 saturated heterocycles. The SMILES string of the molecule is C[C@@H](O)[C@H]1C(=O)N2C(C(=O)[O-])=C(c3ccc(CNC(N)=O)cc3)C[C@H]12.[Na+]. The second-order valence-corrected chi connectivity index (χ2v) is 6.28. The number of nitrogens with one attached hydrogen (secondary N) is 1. The first-order valence-corrected chi connectivity index (χ1v) is 7.89. The molecule has 4 N–H and O–H groups in total. The van der Waals surface area contributed by atoms with Crippen molar-refractivity contribution in [1.82, 2.24) is 10.2 Å². The van der Waals surface area contributed by atoms with Crippen LogP contribution in [-0.4, -0.2) is 40.1 Å². The number of hydrogen-bond donors (Lipinski definition) is 3. The van der Waals surface area contributed by atoms with Gasteiger partial charge in [-0.3, -0.25) is 4.79 Å². The van der Waals surface area contributed by atoms with E-state index in [4.69, 9.17) is 5.73 Å². The van der Waals surface area contributed by atoms with E-state index in [9.17, 15) is 24.6 Å². The van der Waals surface area contributed by atoms with Crippen LogP contribution in [0, 0.1) is 5.92 Å². The van der Waals surface area contributed by atoms with Gasteiger partial charge in [0.05, 0.1) is 29.7 Å². The fourth-order valence-electron chi connectivity index (χ4n) is 3.53. The number of aliphatic hydroxyl groups excluding tert-OH is 1. The van der Waals surface area contributed by atoms with Gasteiger partial charge in [0.2, 0.25) is 5.91 Å². The van der Waals surface area contributed by atoms with Gasteiger partial charge in [-0.05, 0) is 30.0 Å². The number of rotatable bonds is 5. The minimum absolute atomic E-state index is 0. The summed E-state index contributed by atoms with van der Waals surface area (Å²) in [5.41, 5.74) is 6.87. The molecule has 0 saturated carbocycles. The summed E-state index contributed by atoms with van der Waals surface area (Å²) in [6, 6.07) is 5.96. The third-order valence-corrected chi connectivity index (χ3v) is 4.69. The van der Waals surface area contributed by atoms with Crippen LogP contribution in [0.4, 0.5) is 4.79 Å². The zero-order valence-corrected chi connectivity index (χ0v) is 16.6. The standard InChI is InChI=1S/C17H19N3O5.Na/c1-8(21)13-12-6-11(14(16(23)24)20(12)15(13)22)10-4-2-9(3-5-10)7-19-17(18)25;/h2-5,8,12-13,21H,6-7H2,1H3,(H,23,24)(H3,18,19,25);/q;+1/p-1/t8-,12-,13-;/m1./s1. The molecular weight excluding hydrogens is 349 g/mol. The molecular formula is C17H18N3NaO5. The van der Waals surface area contributed by atoms with Crippen molar-refractivity contribution in [2.45, 2.75) is 32.0 Å². The number of amides is 3. The monoisotopic (exact) mass is 367 g/mol. The zero-order valence-electron chi connectivity index (χ0n) is 14.6. The molecule has 0 radical (unpaired) electrons. The summed E-state index contributed by atoms with van der Waals surface area (Å²) in [6.07, 6.45) is -0.484. The molecule has 0 unspecified atom stereocenters. The van der Waals surface area contributed by atoms with E-state index in [1.54, 1.807) is 24.3 Å². The fourth-order valence-corrected chi connectivity index (χ4v) is 3.53. The van der Waals surface area contributed by atoms with E-state index >= 15 is 0 Å². The molecule has 132 valence electrons. The number of aliphatic hydroxyl groups is 1. The number of urea groups is 1. The maximum atomic E-state index is 12.2. The summed E-state index contributed by atoms with van der Waals surface area (Å²) in [5, 5.41) is 23.8. The number of carbonyl (C=O) groups is 3. The van der Waals surface area contributed by atoms with Gasteiger partial charge in [-0.15, -0.1) is 0 Å². The van der Waals surface area contributed by atoms with E-state index in [1.807, 2.05) is 0 Å². The molecule has 2 heterocycles. The van der Waals surface area contributed by atoms with Crippen molar-refractivity contribution in [1.29, 1.82) is 0 Å². The molecule has 2 aliphatic rings. The molecule has 1 fully saturated rings. The number of carboxylic acids is 1. The third-order valence-electron chi connectivity index (χ3n) is 4.69. The third kappa shape index (κ3) is 3.50. The Kier molecular flexibility index (Phi) is 6.13. The number of aliphatic carboxylic acids is 1. The Labute approximate surface area is 172 Å². The Morgan fingerprint density at radius 2 is 2.00 bits per heavy atom. The summed E-state index contributed by atoms with van der Waals surface area (Å²) in [6.45, 7) is 1.79. The van der Waals surface area contributed by atoms with Gasteiger partial charge in [0.25, 0.3) is 0 Å². The molecule has 0 aliphatic carbocycles. The van der Waals surface area contributed by atoms with Crippen molar-refractivity contribution >= 4 is 23.5 Å². The fraction of sp³-hybridized carbons (Fsp3) is 0.353. The molecule has 0 spiro atoms. The number of fused-ring (bicyclic) bond motifs is 1. The molecule has 26 heavy (non-hydrogen) atoms. The molecule has 3 amide bonds. The van der Waals surface area contributed by atoms with Crippen LogP contribution < -0.4 is 45.7 Å². The maximum Gasteiger partial charge on any atom is 1.00 e.